The van der Waals surface area contributed by atoms with Crippen molar-refractivity contribution in [3.63, 3.8) is 0 Å². The van der Waals surface area contributed by atoms with E-state index >= 15 is 0 Å². The Morgan fingerprint density at radius 2 is 1.23 bits per heavy atom. The van der Waals surface area contributed by atoms with Gasteiger partial charge in [0.1, 0.15) is 0 Å². The van der Waals surface area contributed by atoms with Crippen LogP contribution in [0.5, 0.6) is 0 Å². The Bertz CT molecular complexity index is 2130. The van der Waals surface area contributed by atoms with Crippen molar-refractivity contribution >= 4 is 50.9 Å². The molecule has 1 aliphatic heterocycles. The zero-order valence-electron chi connectivity index (χ0n) is 23.2. The number of carbonyl (C=O) groups excluding carboxylic acids is 2. The Morgan fingerprint density at radius 1 is 0.605 bits per heavy atom. The lowest BCUT2D eigenvalue weighted by molar-refractivity contribution is -0.122. The first-order valence-corrected chi connectivity index (χ1v) is 14.8. The highest BCUT2D eigenvalue weighted by Crippen LogP contribution is 2.64. The molecule has 6 aromatic carbocycles. The van der Waals surface area contributed by atoms with Gasteiger partial charge in [-0.1, -0.05) is 115 Å². The van der Waals surface area contributed by atoms with Gasteiger partial charge in [-0.05, 0) is 56.6 Å². The predicted octanol–water partition coefficient (Wildman–Crippen LogP) is 7.95. The van der Waals surface area contributed by atoms with Gasteiger partial charge in [-0.2, -0.15) is 0 Å². The Hall–Kier alpha value is -5.35. The third-order valence-corrected chi connectivity index (χ3v) is 9.84. The van der Waals surface area contributed by atoms with Crippen LogP contribution in [0.2, 0.25) is 0 Å². The van der Waals surface area contributed by atoms with Gasteiger partial charge in [-0.25, -0.2) is 4.90 Å². The normalized spacial score (nSPS) is 23.6. The smallest absolute Gasteiger partial charge is 0.239 e. The number of fused-ring (bicyclic) bond motifs is 2. The fourth-order valence-corrected chi connectivity index (χ4v) is 8.12. The summed E-state index contributed by atoms with van der Waals surface area (Å²) in [5, 5.41) is 4.15. The van der Waals surface area contributed by atoms with Gasteiger partial charge in [0.05, 0.1) is 28.6 Å². The molecule has 10 rings (SSSR count). The predicted molar refractivity (Wildman–Crippen MR) is 171 cm³/mol. The second-order valence-corrected chi connectivity index (χ2v) is 11.8. The Labute approximate surface area is 248 Å². The van der Waals surface area contributed by atoms with Crippen molar-refractivity contribution in [1.29, 1.82) is 0 Å². The van der Waals surface area contributed by atoms with E-state index in [1.165, 1.54) is 4.90 Å². The first kappa shape index (κ1) is 24.3. The largest absolute Gasteiger partial charge is 0.274 e. The van der Waals surface area contributed by atoms with Gasteiger partial charge in [0.15, 0.2) is 0 Å². The molecule has 0 N–H and O–H groups in total. The van der Waals surface area contributed by atoms with E-state index < -0.39 is 17.3 Å². The molecule has 2 amide bonds. The molecule has 4 heteroatoms. The van der Waals surface area contributed by atoms with Crippen molar-refractivity contribution < 1.29 is 9.59 Å². The molecule has 2 bridgehead atoms. The Morgan fingerprint density at radius 3 is 2.00 bits per heavy atom. The van der Waals surface area contributed by atoms with E-state index in [0.717, 1.165) is 49.5 Å². The Balaban J connectivity index is 1.30. The Kier molecular flexibility index (Phi) is 4.98. The summed E-state index contributed by atoms with van der Waals surface area (Å²) in [6, 6.07) is 44.8. The minimum absolute atomic E-state index is 0.135. The van der Waals surface area contributed by atoms with Crippen LogP contribution in [0.1, 0.15) is 28.2 Å². The highest BCUT2D eigenvalue weighted by atomic mass is 16.2. The van der Waals surface area contributed by atoms with Crippen LogP contribution in [0.4, 0.5) is 11.4 Å². The lowest BCUT2D eigenvalue weighted by atomic mass is 9.47. The first-order chi connectivity index (χ1) is 21.2. The average Bonchev–Trinajstić information content (AvgIpc) is 3.33. The lowest BCUT2D eigenvalue weighted by Crippen LogP contribution is -2.54. The fraction of sp³-hybridized carbons (Fsp3) is 0.103. The van der Waals surface area contributed by atoms with Crippen molar-refractivity contribution in [2.45, 2.75) is 11.3 Å². The molecular formula is C39H26N2O2. The minimum atomic E-state index is -0.898. The van der Waals surface area contributed by atoms with E-state index in [1.54, 1.807) is 0 Å². The standard InChI is InChI=1S/C39H26N2O2/c42-37-35-34-29-15-5-7-17-31(29)39(32-18-8-6-16-30(32)34,23-40-27-21-20-24-10-1-2-12-26(24)22-27)36(35)38(43)41(37)33-19-9-13-25-11-3-4-14-28(25)33/h1-23,34-36H/t34?,35-,36-,39?/m1/s1. The van der Waals surface area contributed by atoms with Crippen molar-refractivity contribution in [3.8, 4) is 0 Å². The van der Waals surface area contributed by atoms with Crippen LogP contribution in [-0.4, -0.2) is 18.0 Å². The second kappa shape index (κ2) is 8.83. The summed E-state index contributed by atoms with van der Waals surface area (Å²) >= 11 is 0. The summed E-state index contributed by atoms with van der Waals surface area (Å²) in [6.07, 6.45) is 1.97. The molecular weight excluding hydrogens is 528 g/mol. The number of aliphatic imine (C=N–C) groups is 1. The molecule has 1 heterocycles. The molecule has 0 unspecified atom stereocenters. The quantitative estimate of drug-likeness (QED) is 0.165. The molecule has 2 atom stereocenters. The van der Waals surface area contributed by atoms with Gasteiger partial charge >= 0.3 is 0 Å². The van der Waals surface area contributed by atoms with Gasteiger partial charge in [0, 0.05) is 17.5 Å². The van der Waals surface area contributed by atoms with Gasteiger partial charge < -0.3 is 0 Å². The molecule has 1 saturated heterocycles. The summed E-state index contributed by atoms with van der Waals surface area (Å²) in [6.45, 7) is 0. The summed E-state index contributed by atoms with van der Waals surface area (Å²) in [7, 11) is 0. The lowest BCUT2D eigenvalue weighted by Gasteiger charge is -2.52. The molecule has 4 nitrogen and oxygen atoms in total. The molecule has 204 valence electrons. The van der Waals surface area contributed by atoms with Crippen LogP contribution < -0.4 is 4.90 Å². The van der Waals surface area contributed by atoms with Gasteiger partial charge in [0.2, 0.25) is 11.8 Å². The van der Waals surface area contributed by atoms with Crippen LogP contribution in [-0.2, 0) is 15.0 Å². The van der Waals surface area contributed by atoms with Crippen molar-refractivity contribution in [2.24, 2.45) is 16.8 Å². The van der Waals surface area contributed by atoms with Crippen molar-refractivity contribution in [2.75, 3.05) is 4.90 Å². The zero-order valence-corrected chi connectivity index (χ0v) is 23.2. The highest BCUT2D eigenvalue weighted by Gasteiger charge is 2.68. The maximum atomic E-state index is 14.8. The van der Waals surface area contributed by atoms with Crippen LogP contribution in [0.15, 0.2) is 138 Å². The van der Waals surface area contributed by atoms with E-state index in [9.17, 15) is 9.59 Å². The molecule has 1 fully saturated rings. The number of hydrogen-bond acceptors (Lipinski definition) is 3. The molecule has 0 radical (unpaired) electrons. The molecule has 0 aromatic heterocycles. The number of amides is 2. The maximum Gasteiger partial charge on any atom is 0.239 e. The van der Waals surface area contributed by atoms with E-state index in [-0.39, 0.29) is 17.7 Å². The fourth-order valence-electron chi connectivity index (χ4n) is 8.12. The molecule has 43 heavy (non-hydrogen) atoms. The summed E-state index contributed by atoms with van der Waals surface area (Å²) in [5.41, 5.74) is 4.90. The summed E-state index contributed by atoms with van der Waals surface area (Å²) < 4.78 is 0. The number of nitrogens with zero attached hydrogens (tertiary/aromatic N) is 2. The minimum Gasteiger partial charge on any atom is -0.274 e. The monoisotopic (exact) mass is 554 g/mol. The van der Waals surface area contributed by atoms with E-state index in [0.29, 0.717) is 5.69 Å². The zero-order chi connectivity index (χ0) is 28.7. The number of carbonyl (C=O) groups is 2. The average molecular weight is 555 g/mol. The topological polar surface area (TPSA) is 49.7 Å². The van der Waals surface area contributed by atoms with Crippen molar-refractivity contribution in [3.05, 3.63) is 156 Å². The number of hydrogen-bond donors (Lipinski definition) is 0. The van der Waals surface area contributed by atoms with Crippen LogP contribution in [0.3, 0.4) is 0 Å². The van der Waals surface area contributed by atoms with Crippen LogP contribution in [0.25, 0.3) is 21.5 Å². The van der Waals surface area contributed by atoms with Crippen LogP contribution >= 0.6 is 0 Å². The second-order valence-electron chi connectivity index (χ2n) is 11.8. The van der Waals surface area contributed by atoms with E-state index in [4.69, 9.17) is 4.99 Å². The first-order valence-electron chi connectivity index (χ1n) is 14.8. The SMILES string of the molecule is O=C1[C@@H]2C3c4ccccc4C(C=Nc4ccc5ccccc5c4)(c4ccccc43)[C@H]2C(=O)N1c1cccc2ccccc12. The van der Waals surface area contributed by atoms with E-state index in [2.05, 4.69) is 48.5 Å². The molecule has 0 saturated carbocycles. The number of rotatable bonds is 3. The number of imide groups is 1. The van der Waals surface area contributed by atoms with Gasteiger partial charge in [-0.3, -0.25) is 14.6 Å². The summed E-state index contributed by atoms with van der Waals surface area (Å²) in [4.78, 5) is 36.0. The highest BCUT2D eigenvalue weighted by molar-refractivity contribution is 6.27. The maximum absolute atomic E-state index is 14.8. The van der Waals surface area contributed by atoms with Gasteiger partial charge in [0.25, 0.3) is 0 Å². The van der Waals surface area contributed by atoms with Gasteiger partial charge in [-0.15, -0.1) is 0 Å². The van der Waals surface area contributed by atoms with Crippen LogP contribution in [0, 0.1) is 11.8 Å². The third kappa shape index (κ3) is 3.18. The number of anilines is 1. The molecule has 6 aromatic rings. The molecule has 4 aliphatic rings. The third-order valence-electron chi connectivity index (χ3n) is 9.84. The van der Waals surface area contributed by atoms with E-state index in [1.807, 2.05) is 91.1 Å². The summed E-state index contributed by atoms with van der Waals surface area (Å²) in [5.74, 6) is -1.64. The van der Waals surface area contributed by atoms with Crippen molar-refractivity contribution in [1.82, 2.24) is 0 Å². The molecule has 3 aliphatic carbocycles. The number of benzene rings is 6. The molecule has 0 spiro atoms.